The van der Waals surface area contributed by atoms with Gasteiger partial charge in [0.1, 0.15) is 5.75 Å². The second kappa shape index (κ2) is 4.97. The normalized spacial score (nSPS) is 10.4. The summed E-state index contributed by atoms with van der Waals surface area (Å²) in [6.07, 6.45) is 2.88. The van der Waals surface area contributed by atoms with Crippen LogP contribution in [0.4, 0.5) is 8.78 Å². The highest BCUT2D eigenvalue weighted by Gasteiger charge is 2.02. The third kappa shape index (κ3) is 3.23. The third-order valence-corrected chi connectivity index (χ3v) is 1.46. The number of allylic oxidation sites excluding steroid dienone is 1. The van der Waals surface area contributed by atoms with Gasteiger partial charge in [-0.2, -0.15) is 14.0 Å². The molecular weight excluding hydrogens is 188 g/mol. The fourth-order valence-corrected chi connectivity index (χ4v) is 0.894. The zero-order chi connectivity index (χ0) is 10.4. The van der Waals surface area contributed by atoms with Crippen molar-refractivity contribution in [3.05, 3.63) is 35.9 Å². The predicted octanol–water partition coefficient (Wildman–Crippen LogP) is 2.82. The van der Waals surface area contributed by atoms with E-state index in [1.165, 1.54) is 18.2 Å². The van der Waals surface area contributed by atoms with Crippen LogP contribution >= 0.6 is 0 Å². The maximum absolute atomic E-state index is 11.7. The van der Waals surface area contributed by atoms with Gasteiger partial charge in [0.15, 0.2) is 0 Å². The van der Waals surface area contributed by atoms with Gasteiger partial charge in [0, 0.05) is 6.08 Å². The van der Waals surface area contributed by atoms with Crippen molar-refractivity contribution < 1.29 is 13.5 Å². The molecule has 0 saturated carbocycles. The molecular formula is C10H7F2NO. The van der Waals surface area contributed by atoms with Crippen molar-refractivity contribution in [3.8, 4) is 11.8 Å². The van der Waals surface area contributed by atoms with Crippen molar-refractivity contribution in [2.45, 2.75) is 6.61 Å². The minimum absolute atomic E-state index is 0.106. The van der Waals surface area contributed by atoms with E-state index in [2.05, 4.69) is 4.74 Å². The van der Waals surface area contributed by atoms with Crippen LogP contribution in [0.2, 0.25) is 0 Å². The highest BCUT2D eigenvalue weighted by atomic mass is 19.3. The Labute approximate surface area is 80.0 Å². The average molecular weight is 195 g/mol. The van der Waals surface area contributed by atoms with Crippen LogP contribution in [0.15, 0.2) is 30.3 Å². The molecule has 0 unspecified atom stereocenters. The number of nitriles is 1. The lowest BCUT2D eigenvalue weighted by atomic mass is 10.2. The van der Waals surface area contributed by atoms with Gasteiger partial charge in [0.25, 0.3) is 0 Å². The molecule has 1 rings (SSSR count). The number of hydrogen-bond donors (Lipinski definition) is 0. The van der Waals surface area contributed by atoms with E-state index in [-0.39, 0.29) is 5.75 Å². The minimum atomic E-state index is -2.81. The first-order valence-electron chi connectivity index (χ1n) is 3.83. The molecule has 0 fully saturated rings. The topological polar surface area (TPSA) is 33.0 Å². The molecule has 2 nitrogen and oxygen atoms in total. The maximum atomic E-state index is 11.7. The zero-order valence-corrected chi connectivity index (χ0v) is 7.15. The largest absolute Gasteiger partial charge is 0.435 e. The van der Waals surface area contributed by atoms with E-state index in [1.807, 2.05) is 6.07 Å². The molecule has 0 amide bonds. The molecule has 0 atom stereocenters. The molecule has 72 valence electrons. The van der Waals surface area contributed by atoms with Gasteiger partial charge in [0.05, 0.1) is 6.07 Å². The number of halogens is 2. The number of alkyl halides is 2. The van der Waals surface area contributed by atoms with E-state index in [4.69, 9.17) is 5.26 Å². The molecule has 0 aromatic heterocycles. The zero-order valence-electron chi connectivity index (χ0n) is 7.15. The summed E-state index contributed by atoms with van der Waals surface area (Å²) in [6, 6.07) is 7.85. The Morgan fingerprint density at radius 2 is 1.93 bits per heavy atom. The second-order valence-electron chi connectivity index (χ2n) is 2.41. The van der Waals surface area contributed by atoms with Gasteiger partial charge in [-0.3, -0.25) is 0 Å². The van der Waals surface area contributed by atoms with Crippen LogP contribution in [-0.2, 0) is 0 Å². The van der Waals surface area contributed by atoms with Crippen molar-refractivity contribution in [2.75, 3.05) is 0 Å². The molecule has 4 heteroatoms. The summed E-state index contributed by atoms with van der Waals surface area (Å²) < 4.78 is 27.6. The van der Waals surface area contributed by atoms with Crippen molar-refractivity contribution in [1.82, 2.24) is 0 Å². The van der Waals surface area contributed by atoms with Crippen LogP contribution in [0.1, 0.15) is 5.56 Å². The molecule has 0 heterocycles. The molecule has 0 radical (unpaired) electrons. The van der Waals surface area contributed by atoms with Crippen LogP contribution in [0.25, 0.3) is 6.08 Å². The van der Waals surface area contributed by atoms with Gasteiger partial charge in [-0.25, -0.2) is 0 Å². The van der Waals surface area contributed by atoms with E-state index in [0.29, 0.717) is 0 Å². The summed E-state index contributed by atoms with van der Waals surface area (Å²) >= 11 is 0. The molecule has 0 bridgehead atoms. The van der Waals surface area contributed by atoms with E-state index < -0.39 is 6.61 Å². The number of hydrogen-bond acceptors (Lipinski definition) is 2. The van der Waals surface area contributed by atoms with E-state index in [9.17, 15) is 8.78 Å². The van der Waals surface area contributed by atoms with Crippen LogP contribution in [-0.4, -0.2) is 6.61 Å². The maximum Gasteiger partial charge on any atom is 0.387 e. The quantitative estimate of drug-likeness (QED) is 0.695. The first-order chi connectivity index (χ1) is 6.72. The Morgan fingerprint density at radius 3 is 2.43 bits per heavy atom. The van der Waals surface area contributed by atoms with Crippen molar-refractivity contribution in [1.29, 1.82) is 5.26 Å². The molecule has 0 aliphatic rings. The summed E-state index contributed by atoms with van der Waals surface area (Å²) in [5.41, 5.74) is 0.758. The van der Waals surface area contributed by atoms with Gasteiger partial charge < -0.3 is 4.74 Å². The average Bonchev–Trinajstić information content (AvgIpc) is 2.16. The molecule has 14 heavy (non-hydrogen) atoms. The summed E-state index contributed by atoms with van der Waals surface area (Å²) in [5.74, 6) is 0.106. The van der Waals surface area contributed by atoms with Crippen LogP contribution in [0.3, 0.4) is 0 Å². The summed E-state index contributed by atoms with van der Waals surface area (Å²) in [4.78, 5) is 0. The molecule has 0 aliphatic carbocycles. The standard InChI is InChI=1S/C10H7F2NO/c11-10(12)14-9-5-3-8(4-6-9)2-1-7-13/h1-6,10H/b2-1+. The lowest BCUT2D eigenvalue weighted by Gasteiger charge is -2.03. The first kappa shape index (κ1) is 10.2. The molecule has 0 aliphatic heterocycles. The van der Waals surface area contributed by atoms with Gasteiger partial charge in [-0.1, -0.05) is 12.1 Å². The van der Waals surface area contributed by atoms with Crippen molar-refractivity contribution in [2.24, 2.45) is 0 Å². The fourth-order valence-electron chi connectivity index (χ4n) is 0.894. The summed E-state index contributed by atoms with van der Waals surface area (Å²) in [5, 5.41) is 8.24. The number of ether oxygens (including phenoxy) is 1. The SMILES string of the molecule is N#C/C=C/c1ccc(OC(F)F)cc1. The Hall–Kier alpha value is -1.89. The Morgan fingerprint density at radius 1 is 1.29 bits per heavy atom. The van der Waals surface area contributed by atoms with E-state index in [1.54, 1.807) is 18.2 Å². The number of nitrogens with zero attached hydrogens (tertiary/aromatic N) is 1. The highest BCUT2D eigenvalue weighted by molar-refractivity contribution is 5.52. The molecule has 1 aromatic carbocycles. The predicted molar refractivity (Wildman–Crippen MR) is 47.7 cm³/mol. The number of rotatable bonds is 3. The lowest BCUT2D eigenvalue weighted by molar-refractivity contribution is -0.0498. The Kier molecular flexibility index (Phi) is 3.62. The van der Waals surface area contributed by atoms with Gasteiger partial charge in [0.2, 0.25) is 0 Å². The molecule has 1 aromatic rings. The Balaban J connectivity index is 2.69. The van der Waals surface area contributed by atoms with Gasteiger partial charge in [-0.05, 0) is 23.8 Å². The smallest absolute Gasteiger partial charge is 0.387 e. The van der Waals surface area contributed by atoms with Crippen LogP contribution in [0, 0.1) is 11.3 Å². The highest BCUT2D eigenvalue weighted by Crippen LogP contribution is 2.15. The summed E-state index contributed by atoms with van der Waals surface area (Å²) in [7, 11) is 0. The Bertz CT molecular complexity index is 351. The molecule has 0 N–H and O–H groups in total. The monoisotopic (exact) mass is 195 g/mol. The lowest BCUT2D eigenvalue weighted by Crippen LogP contribution is -2.01. The fraction of sp³-hybridized carbons (Fsp3) is 0.100. The van der Waals surface area contributed by atoms with Gasteiger partial charge >= 0.3 is 6.61 Å². The first-order valence-corrected chi connectivity index (χ1v) is 3.83. The van der Waals surface area contributed by atoms with Crippen LogP contribution in [0.5, 0.6) is 5.75 Å². The molecule has 0 saturated heterocycles. The minimum Gasteiger partial charge on any atom is -0.435 e. The van der Waals surface area contributed by atoms with E-state index in [0.717, 1.165) is 5.56 Å². The van der Waals surface area contributed by atoms with Gasteiger partial charge in [-0.15, -0.1) is 0 Å². The van der Waals surface area contributed by atoms with E-state index >= 15 is 0 Å². The second-order valence-corrected chi connectivity index (χ2v) is 2.41. The van der Waals surface area contributed by atoms with Crippen molar-refractivity contribution in [3.63, 3.8) is 0 Å². The third-order valence-electron chi connectivity index (χ3n) is 1.46. The molecule has 0 spiro atoms. The van der Waals surface area contributed by atoms with Crippen molar-refractivity contribution >= 4 is 6.08 Å². The summed E-state index contributed by atoms with van der Waals surface area (Å²) in [6.45, 7) is -2.81. The van der Waals surface area contributed by atoms with Crippen LogP contribution < -0.4 is 4.74 Å². The number of benzene rings is 1.